The second kappa shape index (κ2) is 46.6. The van der Waals surface area contributed by atoms with E-state index in [0.29, 0.717) is 32.1 Å². The highest BCUT2D eigenvalue weighted by Crippen LogP contribution is 2.40. The summed E-state index contributed by atoms with van der Waals surface area (Å²) in [6.45, 7) is 15.3. The topological polar surface area (TPSA) is 180 Å². The smallest absolute Gasteiger partial charge is 0.508 e. The van der Waals surface area contributed by atoms with Gasteiger partial charge in [0, 0.05) is 71.5 Å². The normalized spacial score (nSPS) is 12.5. The number of ether oxygens (including phenoxy) is 2. The van der Waals surface area contributed by atoms with Gasteiger partial charge < -0.3 is 28.9 Å². The number of nitrogens with zero attached hydrogens (tertiary/aromatic N) is 2. The molecular formula is C80H111N2O11PS2. The van der Waals surface area contributed by atoms with Gasteiger partial charge in [0.05, 0.1) is 13.1 Å². The Balaban J connectivity index is 0.000000348. The maximum atomic E-state index is 12.3. The van der Waals surface area contributed by atoms with Crippen molar-refractivity contribution in [2.24, 2.45) is 0 Å². The number of carbonyl (C=O) groups excluding carboxylic acids is 2. The molecule has 0 saturated carbocycles. The Morgan fingerprint density at radius 3 is 1.00 bits per heavy atom. The molecule has 6 aromatic carbocycles. The largest absolute Gasteiger partial charge is 0.524 e. The summed E-state index contributed by atoms with van der Waals surface area (Å²) >= 11 is 0. The molecule has 0 aliphatic carbocycles. The molecular weight excluding hydrogens is 1260 g/mol. The number of phosphoric ester groups is 1. The number of rotatable bonds is 46. The van der Waals surface area contributed by atoms with Crippen molar-refractivity contribution in [2.75, 3.05) is 62.4 Å². The Bertz CT molecular complexity index is 3300. The summed E-state index contributed by atoms with van der Waals surface area (Å²) < 4.78 is 52.3. The van der Waals surface area contributed by atoms with Crippen molar-refractivity contribution in [3.8, 4) is 23.0 Å². The monoisotopic (exact) mass is 1370 g/mol. The van der Waals surface area contributed by atoms with Crippen LogP contribution in [0, 0.1) is 0 Å². The van der Waals surface area contributed by atoms with Crippen molar-refractivity contribution in [1.29, 1.82) is 0 Å². The van der Waals surface area contributed by atoms with E-state index in [2.05, 4.69) is 76.2 Å². The van der Waals surface area contributed by atoms with Gasteiger partial charge in [-0.15, -0.1) is 0 Å². The number of allylic oxidation sites excluding steroid dienone is 2. The molecule has 2 amide bonds. The van der Waals surface area contributed by atoms with Crippen molar-refractivity contribution >= 4 is 63.5 Å². The molecule has 0 aliphatic heterocycles. The van der Waals surface area contributed by atoms with Crippen molar-refractivity contribution in [1.82, 2.24) is 9.80 Å². The third-order valence-electron chi connectivity index (χ3n) is 17.1. The van der Waals surface area contributed by atoms with Crippen molar-refractivity contribution in [3.63, 3.8) is 0 Å². The first kappa shape index (κ1) is 80.1. The molecule has 6 rings (SSSR count). The average molecular weight is 1370 g/mol. The van der Waals surface area contributed by atoms with Crippen molar-refractivity contribution in [3.05, 3.63) is 191 Å². The molecule has 2 atom stereocenters. The zero-order chi connectivity index (χ0) is 69.2. The fourth-order valence-electron chi connectivity index (χ4n) is 11.8. The number of hydrogen-bond acceptors (Lipinski definition) is 9. The third-order valence-corrected chi connectivity index (χ3v) is 20.5. The van der Waals surface area contributed by atoms with Crippen LogP contribution in [0.3, 0.4) is 0 Å². The molecule has 13 nitrogen and oxygen atoms in total. The lowest BCUT2D eigenvalue weighted by Crippen LogP contribution is -2.33. The van der Waals surface area contributed by atoms with Gasteiger partial charge in [0.25, 0.3) is 0 Å². The fraction of sp³-hybridized carbons (Fsp3) is 0.475. The van der Waals surface area contributed by atoms with Crippen LogP contribution in [-0.2, 0) is 35.8 Å². The molecule has 0 aliphatic rings. The van der Waals surface area contributed by atoms with E-state index in [9.17, 15) is 37.5 Å². The summed E-state index contributed by atoms with van der Waals surface area (Å²) in [4.78, 5) is 46.7. The maximum absolute atomic E-state index is 12.3. The Kier molecular flexibility index (Phi) is 38.8. The summed E-state index contributed by atoms with van der Waals surface area (Å²) in [7, 11) is -5.94. The zero-order valence-electron chi connectivity index (χ0n) is 58.4. The van der Waals surface area contributed by atoms with Crippen LogP contribution in [0.5, 0.6) is 23.0 Å². The molecule has 3 N–H and O–H groups in total. The van der Waals surface area contributed by atoms with Crippen LogP contribution in [0.4, 0.5) is 0 Å². The van der Waals surface area contributed by atoms with Crippen LogP contribution in [0.15, 0.2) is 158 Å². The summed E-state index contributed by atoms with van der Waals surface area (Å²) in [5.74, 6) is 5.39. The van der Waals surface area contributed by atoms with Gasteiger partial charge in [0.2, 0.25) is 11.8 Å². The molecule has 16 heteroatoms. The van der Waals surface area contributed by atoms with E-state index >= 15 is 0 Å². The number of carbonyl (C=O) groups is 2. The fourth-order valence-corrected chi connectivity index (χ4v) is 14.7. The van der Waals surface area contributed by atoms with E-state index in [1.54, 1.807) is 50.2 Å². The first-order chi connectivity index (χ1) is 46.5. The second-order valence-corrected chi connectivity index (χ2v) is 29.2. The molecule has 0 heterocycles. The van der Waals surface area contributed by atoms with Gasteiger partial charge in [-0.3, -0.25) is 27.8 Å². The molecule has 524 valence electrons. The average Bonchev–Trinajstić information content (AvgIpc) is 0.814. The molecule has 0 bridgehead atoms. The molecule has 0 fully saturated rings. The van der Waals surface area contributed by atoms with E-state index in [1.165, 1.54) is 75.3 Å². The number of amides is 2. The lowest BCUT2D eigenvalue weighted by atomic mass is 9.88. The first-order valence-corrected chi connectivity index (χ1v) is 39.9. The highest BCUT2D eigenvalue weighted by atomic mass is 32.2. The minimum absolute atomic E-state index is 0.0517. The van der Waals surface area contributed by atoms with Crippen molar-refractivity contribution < 1.29 is 51.5 Å². The Morgan fingerprint density at radius 2 is 0.688 bits per heavy atom. The molecule has 0 aromatic heterocycles. The molecule has 96 heavy (non-hydrogen) atoms. The Labute approximate surface area is 580 Å². The van der Waals surface area contributed by atoms with E-state index in [-0.39, 0.29) is 23.3 Å². The molecule has 0 saturated heterocycles. The highest BCUT2D eigenvalue weighted by Gasteiger charge is 2.19. The van der Waals surface area contributed by atoms with Gasteiger partial charge in [-0.25, -0.2) is 4.57 Å². The predicted octanol–water partition coefficient (Wildman–Crippen LogP) is 19.1. The Morgan fingerprint density at radius 1 is 0.385 bits per heavy atom. The van der Waals surface area contributed by atoms with Gasteiger partial charge in [-0.1, -0.05) is 227 Å². The predicted molar refractivity (Wildman–Crippen MR) is 400 cm³/mol. The number of benzene rings is 6. The molecule has 0 spiro atoms. The molecule has 6 aromatic rings. The van der Waals surface area contributed by atoms with Gasteiger partial charge in [0.15, 0.2) is 0 Å². The van der Waals surface area contributed by atoms with E-state index in [0.717, 1.165) is 163 Å². The third kappa shape index (κ3) is 31.3. The van der Waals surface area contributed by atoms with Crippen LogP contribution < -0.4 is 14.0 Å². The second-order valence-electron chi connectivity index (χ2n) is 24.6. The van der Waals surface area contributed by atoms with Gasteiger partial charge in [-0.05, 0) is 156 Å². The van der Waals surface area contributed by atoms with Crippen LogP contribution in [0.2, 0.25) is 0 Å². The van der Waals surface area contributed by atoms with Crippen LogP contribution in [0.25, 0.3) is 22.3 Å². The lowest BCUT2D eigenvalue weighted by Gasteiger charge is -2.21. The first-order valence-electron chi connectivity index (χ1n) is 35.4. The summed E-state index contributed by atoms with van der Waals surface area (Å²) in [5.41, 5.74) is 10.8. The van der Waals surface area contributed by atoms with E-state index < -0.39 is 29.4 Å². The summed E-state index contributed by atoms with van der Waals surface area (Å²) in [6, 6.07) is 50.8. The summed E-state index contributed by atoms with van der Waals surface area (Å²) in [6.07, 6.45) is 24.2. The van der Waals surface area contributed by atoms with Gasteiger partial charge in [-0.2, -0.15) is 0 Å². The standard InChI is InChI=1S/C40H56NO7PS.C40H55NO4S/c1-4-6-16-31-50(46)32-17-11-9-7-8-10-15-28-41(33(3)42)29-30-47-37-24-20-35(21-25-37)40(39(5-2)34-18-13-12-14-19-34)36-22-26-38(27-23-36)48-49(43,44)45;1-4-6-16-31-46(44)32-17-11-9-7-8-10-15-28-41(33(3)42)29-30-45-38-26-22-36(23-27-38)40(35-20-24-37(43)25-21-35)39(5-2)34-18-13-12-14-19-34/h12-14,18-27H,4-11,15-17,28-32H2,1-3H3,(H2,43,44,45);12-14,18-27,43H,4-11,15-17,28-32H2,1-3H3/b40-39-;40-39+. The quantitative estimate of drug-likeness (QED) is 0.0188. The minimum Gasteiger partial charge on any atom is -0.508 e. The van der Waals surface area contributed by atoms with E-state index in [1.807, 2.05) is 82.6 Å². The van der Waals surface area contributed by atoms with Crippen LogP contribution in [0.1, 0.15) is 216 Å². The molecule has 2 unspecified atom stereocenters. The lowest BCUT2D eigenvalue weighted by molar-refractivity contribution is -0.130. The van der Waals surface area contributed by atoms with Gasteiger partial charge in [0.1, 0.15) is 36.2 Å². The maximum Gasteiger partial charge on any atom is 0.524 e. The zero-order valence-corrected chi connectivity index (χ0v) is 60.9. The highest BCUT2D eigenvalue weighted by molar-refractivity contribution is 7.85. The number of phosphoric acid groups is 1. The van der Waals surface area contributed by atoms with Crippen LogP contribution >= 0.6 is 7.82 Å². The van der Waals surface area contributed by atoms with Gasteiger partial charge >= 0.3 is 7.82 Å². The number of phenolic OH excluding ortho intramolecular Hbond substituents is 1. The van der Waals surface area contributed by atoms with E-state index in [4.69, 9.17) is 14.0 Å². The number of hydrogen-bond donors (Lipinski definition) is 3. The number of unbranched alkanes of at least 4 members (excludes halogenated alkanes) is 16. The summed E-state index contributed by atoms with van der Waals surface area (Å²) in [5, 5.41) is 9.90. The van der Waals surface area contributed by atoms with Crippen LogP contribution in [-0.4, -0.2) is 107 Å². The Hall–Kier alpha value is -6.61. The minimum atomic E-state index is -4.66. The molecule has 0 radical (unpaired) electrons. The number of phenols is 1. The van der Waals surface area contributed by atoms with Crippen molar-refractivity contribution in [2.45, 2.75) is 183 Å². The number of aromatic hydroxyl groups is 1. The SMILES string of the molecule is CCCCCS(=O)CCCCCCCCCN(CCOc1ccc(/C(=C(\CC)c2ccccc2)c2ccc(O)cc2)cc1)C(C)=O.CCCCCS(=O)CCCCCCCCCN(CCOc1ccc(/C(=C(\CC)c2ccccc2)c2ccc(OP(=O)(O)O)cc2)cc1)C(C)=O.